The van der Waals surface area contributed by atoms with Crippen molar-refractivity contribution in [1.29, 1.82) is 0 Å². The van der Waals surface area contributed by atoms with Gasteiger partial charge >= 0.3 is 5.97 Å². The number of halogens is 1. The molecule has 0 saturated heterocycles. The molecule has 0 fully saturated rings. The summed E-state index contributed by atoms with van der Waals surface area (Å²) in [6.07, 6.45) is 0.253. The smallest absolute Gasteiger partial charge is 0.336 e. The molecule has 2 aromatic carbocycles. The Bertz CT molecular complexity index is 901. The van der Waals surface area contributed by atoms with Crippen molar-refractivity contribution in [2.75, 3.05) is 11.5 Å². The Hall–Kier alpha value is -2.40. The van der Waals surface area contributed by atoms with Gasteiger partial charge in [-0.2, -0.15) is 0 Å². The van der Waals surface area contributed by atoms with Crippen molar-refractivity contribution in [1.82, 2.24) is 0 Å². The number of carbonyl (C=O) groups is 2. The van der Waals surface area contributed by atoms with E-state index in [-0.39, 0.29) is 30.8 Å². The van der Waals surface area contributed by atoms with Crippen LogP contribution < -0.4 is 4.90 Å². The van der Waals surface area contributed by atoms with Gasteiger partial charge in [-0.15, -0.1) is 0 Å². The normalized spacial score (nSPS) is 19.9. The molecular weight excluding hydrogens is 382 g/mol. The zero-order valence-electron chi connectivity index (χ0n) is 13.7. The summed E-state index contributed by atoms with van der Waals surface area (Å²) in [5, 5.41) is 0. The molecule has 0 aromatic heterocycles. The first-order chi connectivity index (χ1) is 12.0. The van der Waals surface area contributed by atoms with Gasteiger partial charge in [0.1, 0.15) is 6.61 Å². The summed E-state index contributed by atoms with van der Waals surface area (Å²) in [5.74, 6) is -0.602. The highest BCUT2D eigenvalue weighted by molar-refractivity contribution is 9.10. The van der Waals surface area contributed by atoms with Crippen molar-refractivity contribution in [2.24, 2.45) is 0 Å². The van der Waals surface area contributed by atoms with Crippen molar-refractivity contribution in [3.8, 4) is 0 Å². The standard InChI is InChI=1S/C20H16BrNO3/c1-12-5-7-13(8-6-12)16-10-18(23)22(15-4-2-3-14(21)9-15)17-11-25-20(24)19(16)17/h2-9,16H,10-11H2,1H3/t16-/m1/s1. The van der Waals surface area contributed by atoms with Crippen LogP contribution in [-0.2, 0) is 14.3 Å². The van der Waals surface area contributed by atoms with Gasteiger partial charge in [0.25, 0.3) is 0 Å². The monoisotopic (exact) mass is 397 g/mol. The Balaban J connectivity index is 1.83. The third-order valence-corrected chi connectivity index (χ3v) is 5.16. The molecule has 2 heterocycles. The van der Waals surface area contributed by atoms with Crippen LogP contribution in [0.15, 0.2) is 64.3 Å². The van der Waals surface area contributed by atoms with Gasteiger partial charge in [0.2, 0.25) is 5.91 Å². The number of amides is 1. The third-order valence-electron chi connectivity index (χ3n) is 4.66. The highest BCUT2D eigenvalue weighted by Gasteiger charge is 2.42. The second kappa shape index (κ2) is 6.15. The molecule has 0 bridgehead atoms. The summed E-state index contributed by atoms with van der Waals surface area (Å²) in [4.78, 5) is 26.9. The van der Waals surface area contributed by atoms with E-state index in [1.165, 1.54) is 0 Å². The highest BCUT2D eigenvalue weighted by Crippen LogP contribution is 2.42. The lowest BCUT2D eigenvalue weighted by Gasteiger charge is -2.32. The van der Waals surface area contributed by atoms with E-state index in [0.29, 0.717) is 11.3 Å². The lowest BCUT2D eigenvalue weighted by Crippen LogP contribution is -2.37. The van der Waals surface area contributed by atoms with Crippen LogP contribution >= 0.6 is 15.9 Å². The lowest BCUT2D eigenvalue weighted by molar-refractivity contribution is -0.136. The first-order valence-corrected chi connectivity index (χ1v) is 8.89. The minimum atomic E-state index is -0.326. The van der Waals surface area contributed by atoms with E-state index in [9.17, 15) is 9.59 Å². The molecule has 0 spiro atoms. The van der Waals surface area contributed by atoms with Crippen molar-refractivity contribution in [2.45, 2.75) is 19.3 Å². The van der Waals surface area contributed by atoms with E-state index >= 15 is 0 Å². The number of aryl methyl sites for hydroxylation is 1. The Morgan fingerprint density at radius 1 is 1.12 bits per heavy atom. The van der Waals surface area contributed by atoms with Gasteiger partial charge in [0, 0.05) is 22.5 Å². The summed E-state index contributed by atoms with van der Waals surface area (Å²) in [6, 6.07) is 15.5. The van der Waals surface area contributed by atoms with E-state index in [4.69, 9.17) is 4.74 Å². The van der Waals surface area contributed by atoms with Crippen LogP contribution in [0.3, 0.4) is 0 Å². The van der Waals surface area contributed by atoms with Crippen LogP contribution in [0.4, 0.5) is 5.69 Å². The molecule has 1 amide bonds. The molecule has 5 heteroatoms. The number of ether oxygens (including phenoxy) is 1. The van der Waals surface area contributed by atoms with E-state index in [0.717, 1.165) is 21.3 Å². The molecule has 2 aromatic rings. The van der Waals surface area contributed by atoms with Crippen molar-refractivity contribution >= 4 is 33.5 Å². The number of rotatable bonds is 2. The third kappa shape index (κ3) is 2.78. The van der Waals surface area contributed by atoms with Gasteiger partial charge in [0.15, 0.2) is 0 Å². The SMILES string of the molecule is Cc1ccc([C@H]2CC(=O)N(c3cccc(Br)c3)C3=C2C(=O)OC3)cc1. The van der Waals surface area contributed by atoms with Gasteiger partial charge < -0.3 is 4.74 Å². The Morgan fingerprint density at radius 3 is 2.60 bits per heavy atom. The van der Waals surface area contributed by atoms with Gasteiger partial charge in [-0.25, -0.2) is 4.79 Å². The maximum Gasteiger partial charge on any atom is 0.336 e. The van der Waals surface area contributed by atoms with E-state index in [2.05, 4.69) is 15.9 Å². The number of benzene rings is 2. The van der Waals surface area contributed by atoms with Crippen LogP contribution in [-0.4, -0.2) is 18.5 Å². The first kappa shape index (κ1) is 16.1. The molecule has 126 valence electrons. The van der Waals surface area contributed by atoms with Crippen molar-refractivity contribution in [3.63, 3.8) is 0 Å². The topological polar surface area (TPSA) is 46.6 Å². The number of cyclic esters (lactones) is 1. The van der Waals surface area contributed by atoms with Gasteiger partial charge in [-0.05, 0) is 30.7 Å². The zero-order valence-corrected chi connectivity index (χ0v) is 15.2. The summed E-state index contributed by atoms with van der Waals surface area (Å²) < 4.78 is 6.17. The molecular formula is C20H16BrNO3. The Labute approximate surface area is 154 Å². The number of esters is 1. The molecule has 25 heavy (non-hydrogen) atoms. The molecule has 0 radical (unpaired) electrons. The second-order valence-corrected chi connectivity index (χ2v) is 7.23. The maximum atomic E-state index is 12.9. The fraction of sp³-hybridized carbons (Fsp3) is 0.200. The number of hydrogen-bond acceptors (Lipinski definition) is 3. The summed E-state index contributed by atoms with van der Waals surface area (Å²) in [7, 11) is 0. The maximum absolute atomic E-state index is 12.9. The van der Waals surface area contributed by atoms with Gasteiger partial charge in [-0.3, -0.25) is 9.69 Å². The molecule has 2 aliphatic heterocycles. The molecule has 2 aliphatic rings. The molecule has 0 unspecified atom stereocenters. The molecule has 4 rings (SSSR count). The van der Waals surface area contributed by atoms with E-state index in [1.54, 1.807) is 4.90 Å². The van der Waals surface area contributed by atoms with Crippen molar-refractivity contribution in [3.05, 3.63) is 75.4 Å². The van der Waals surface area contributed by atoms with E-state index in [1.807, 2.05) is 55.5 Å². The van der Waals surface area contributed by atoms with Gasteiger partial charge in [-0.1, -0.05) is 51.8 Å². The summed E-state index contributed by atoms with van der Waals surface area (Å²) in [5.41, 5.74) is 4.12. The lowest BCUT2D eigenvalue weighted by atomic mass is 9.84. The Morgan fingerprint density at radius 2 is 1.88 bits per heavy atom. The fourth-order valence-electron chi connectivity index (χ4n) is 3.45. The number of anilines is 1. The molecule has 0 aliphatic carbocycles. The Kier molecular flexibility index (Phi) is 3.96. The minimum Gasteiger partial charge on any atom is -0.456 e. The average Bonchev–Trinajstić information content (AvgIpc) is 2.96. The number of carbonyl (C=O) groups excluding carboxylic acids is 2. The highest BCUT2D eigenvalue weighted by atomic mass is 79.9. The number of nitrogens with zero attached hydrogens (tertiary/aromatic N) is 1. The minimum absolute atomic E-state index is 0.0271. The first-order valence-electron chi connectivity index (χ1n) is 8.10. The van der Waals surface area contributed by atoms with Crippen LogP contribution in [0.25, 0.3) is 0 Å². The number of hydrogen-bond donors (Lipinski definition) is 0. The molecule has 0 saturated carbocycles. The van der Waals surface area contributed by atoms with E-state index < -0.39 is 0 Å². The zero-order chi connectivity index (χ0) is 17.6. The van der Waals surface area contributed by atoms with Gasteiger partial charge in [0.05, 0.1) is 11.3 Å². The van der Waals surface area contributed by atoms with Crippen molar-refractivity contribution < 1.29 is 14.3 Å². The average molecular weight is 398 g/mol. The quantitative estimate of drug-likeness (QED) is 0.716. The second-order valence-electron chi connectivity index (χ2n) is 6.31. The fourth-order valence-corrected chi connectivity index (χ4v) is 3.84. The molecule has 4 nitrogen and oxygen atoms in total. The largest absolute Gasteiger partial charge is 0.456 e. The van der Waals surface area contributed by atoms with Crippen LogP contribution in [0.2, 0.25) is 0 Å². The molecule has 1 atom stereocenters. The molecule has 0 N–H and O–H groups in total. The summed E-state index contributed by atoms with van der Waals surface area (Å²) >= 11 is 3.44. The summed E-state index contributed by atoms with van der Waals surface area (Å²) in [6.45, 7) is 2.15. The van der Waals surface area contributed by atoms with Crippen LogP contribution in [0.1, 0.15) is 23.5 Å². The predicted octanol–water partition coefficient (Wildman–Crippen LogP) is 4.09. The van der Waals surface area contributed by atoms with Crippen LogP contribution in [0, 0.1) is 6.92 Å². The predicted molar refractivity (Wildman–Crippen MR) is 98.2 cm³/mol. The van der Waals surface area contributed by atoms with Crippen LogP contribution in [0.5, 0.6) is 0 Å².